The highest BCUT2D eigenvalue weighted by Gasteiger charge is 2.28. The Hall–Kier alpha value is -2.89. The van der Waals surface area contributed by atoms with Gasteiger partial charge in [-0.2, -0.15) is 0 Å². The Morgan fingerprint density at radius 3 is 2.34 bits per heavy atom. The van der Waals surface area contributed by atoms with Crippen molar-refractivity contribution in [3.05, 3.63) is 70.1 Å². The second-order valence-electron chi connectivity index (χ2n) is 7.17. The number of amides is 1. The number of pyridine rings is 1. The molecule has 1 aromatic heterocycles. The van der Waals surface area contributed by atoms with E-state index in [-0.39, 0.29) is 22.7 Å². The third kappa shape index (κ3) is 7.36. The first-order chi connectivity index (χ1) is 15.2. The summed E-state index contributed by atoms with van der Waals surface area (Å²) in [5, 5.41) is 2.51. The van der Waals surface area contributed by atoms with Gasteiger partial charge in [-0.25, -0.2) is 14.4 Å². The first-order valence-electron chi connectivity index (χ1n) is 9.86. The Kier molecular flexibility index (Phi) is 9.69. The van der Waals surface area contributed by atoms with E-state index < -0.39 is 35.9 Å². The summed E-state index contributed by atoms with van der Waals surface area (Å²) in [5.41, 5.74) is 0.486. The fraction of sp³-hybridized carbons (Fsp3) is 0.364. The van der Waals surface area contributed by atoms with Crippen LogP contribution in [0.4, 0.5) is 4.79 Å². The Labute approximate surface area is 199 Å². The van der Waals surface area contributed by atoms with Gasteiger partial charge in [0.1, 0.15) is 17.3 Å². The van der Waals surface area contributed by atoms with E-state index in [1.54, 1.807) is 13.8 Å². The number of rotatable bonds is 9. The summed E-state index contributed by atoms with van der Waals surface area (Å²) >= 11 is 1.88. The number of nitrogens with zero attached hydrogens (tertiary/aromatic N) is 1. The molecule has 0 radical (unpaired) electrons. The minimum absolute atomic E-state index is 0.0540. The third-order valence-electron chi connectivity index (χ3n) is 4.44. The first-order valence-corrected chi connectivity index (χ1v) is 11.4. The van der Waals surface area contributed by atoms with Gasteiger partial charge in [0.05, 0.1) is 5.56 Å². The normalized spacial score (nSPS) is 12.5. The van der Waals surface area contributed by atoms with E-state index in [4.69, 9.17) is 14.2 Å². The number of aromatic nitrogens is 1. The molecular weight excluding hydrogens is 531 g/mol. The summed E-state index contributed by atoms with van der Waals surface area (Å²) in [4.78, 5) is 49.0. The monoisotopic (exact) mass is 556 g/mol. The predicted octanol–water partition coefficient (Wildman–Crippen LogP) is 3.41. The van der Waals surface area contributed by atoms with E-state index in [0.29, 0.717) is 0 Å². The van der Waals surface area contributed by atoms with Gasteiger partial charge >= 0.3 is 18.0 Å². The molecule has 2 atom stereocenters. The quantitative estimate of drug-likeness (QED) is 0.218. The second-order valence-corrected chi connectivity index (χ2v) is 7.79. The summed E-state index contributed by atoms with van der Waals surface area (Å²) in [6, 6.07) is 10.6. The average molecular weight is 556 g/mol. The molecule has 1 heterocycles. The smallest absolute Gasteiger partial charge is 0.408 e. The molecule has 0 fully saturated rings. The molecule has 172 valence electrons. The SMILES string of the molecule is CC(C)[C@H](NC(=O)OCc1ccccc1)C(=O)OC(C)n1cc(C(=O)OCI)ccc1=O. The van der Waals surface area contributed by atoms with Gasteiger partial charge in [0.15, 0.2) is 6.23 Å². The lowest BCUT2D eigenvalue weighted by molar-refractivity contribution is -0.156. The predicted molar refractivity (Wildman–Crippen MR) is 124 cm³/mol. The van der Waals surface area contributed by atoms with E-state index in [0.717, 1.165) is 10.1 Å². The number of carbonyl (C=O) groups excluding carboxylic acids is 3. The lowest BCUT2D eigenvalue weighted by atomic mass is 10.1. The third-order valence-corrected chi connectivity index (χ3v) is 4.76. The van der Waals surface area contributed by atoms with E-state index >= 15 is 0 Å². The fourth-order valence-corrected chi connectivity index (χ4v) is 3.01. The molecule has 2 aromatic rings. The molecule has 10 heteroatoms. The van der Waals surface area contributed by atoms with Gasteiger partial charge in [-0.05, 0) is 47.1 Å². The minimum Gasteiger partial charge on any atom is -0.451 e. The van der Waals surface area contributed by atoms with Crippen LogP contribution in [0.3, 0.4) is 0 Å². The van der Waals surface area contributed by atoms with Gasteiger partial charge < -0.3 is 19.5 Å². The molecule has 0 saturated carbocycles. The highest BCUT2D eigenvalue weighted by Crippen LogP contribution is 2.13. The van der Waals surface area contributed by atoms with Crippen LogP contribution in [0.1, 0.15) is 42.9 Å². The summed E-state index contributed by atoms with van der Waals surface area (Å²) in [5.74, 6) is -1.65. The topological polar surface area (TPSA) is 113 Å². The maximum absolute atomic E-state index is 12.7. The number of halogens is 1. The number of alkyl carbamates (subject to hydrolysis) is 1. The van der Waals surface area contributed by atoms with Crippen molar-refractivity contribution in [2.45, 2.75) is 39.6 Å². The van der Waals surface area contributed by atoms with Crippen molar-refractivity contribution < 1.29 is 28.6 Å². The van der Waals surface area contributed by atoms with Crippen LogP contribution in [0.25, 0.3) is 0 Å². The number of hydrogen-bond donors (Lipinski definition) is 1. The zero-order valence-corrected chi connectivity index (χ0v) is 20.1. The summed E-state index contributed by atoms with van der Waals surface area (Å²) in [6.07, 6.45) is -0.524. The summed E-state index contributed by atoms with van der Waals surface area (Å²) < 4.78 is 16.7. The van der Waals surface area contributed by atoms with Crippen molar-refractivity contribution in [2.24, 2.45) is 5.92 Å². The highest BCUT2D eigenvalue weighted by molar-refractivity contribution is 14.1. The number of nitrogens with one attached hydrogen (secondary N) is 1. The highest BCUT2D eigenvalue weighted by atomic mass is 127. The van der Waals surface area contributed by atoms with Crippen molar-refractivity contribution in [1.29, 1.82) is 0 Å². The van der Waals surface area contributed by atoms with Gasteiger partial charge in [0, 0.05) is 12.3 Å². The summed E-state index contributed by atoms with van der Waals surface area (Å²) in [6.45, 7) is 5.01. The maximum atomic E-state index is 12.7. The largest absolute Gasteiger partial charge is 0.451 e. The van der Waals surface area contributed by atoms with Crippen molar-refractivity contribution in [2.75, 3.05) is 4.61 Å². The van der Waals surface area contributed by atoms with Crippen molar-refractivity contribution >= 4 is 40.6 Å². The molecule has 9 nitrogen and oxygen atoms in total. The van der Waals surface area contributed by atoms with Gasteiger partial charge in [-0.3, -0.25) is 9.36 Å². The van der Waals surface area contributed by atoms with Crippen LogP contribution in [0.5, 0.6) is 0 Å². The Bertz CT molecular complexity index is 991. The van der Waals surface area contributed by atoms with Crippen LogP contribution < -0.4 is 10.9 Å². The lowest BCUT2D eigenvalue weighted by Gasteiger charge is -2.24. The van der Waals surface area contributed by atoms with Gasteiger partial charge in [-0.1, -0.05) is 44.2 Å². The Balaban J connectivity index is 2.04. The molecule has 0 aliphatic rings. The molecule has 1 aromatic carbocycles. The number of hydrogen-bond acceptors (Lipinski definition) is 7. The van der Waals surface area contributed by atoms with Gasteiger partial charge in [-0.15, -0.1) is 0 Å². The van der Waals surface area contributed by atoms with Crippen LogP contribution in [0.2, 0.25) is 0 Å². The van der Waals surface area contributed by atoms with E-state index in [9.17, 15) is 19.2 Å². The van der Waals surface area contributed by atoms with Crippen LogP contribution in [-0.4, -0.2) is 33.3 Å². The zero-order chi connectivity index (χ0) is 23.7. The molecule has 1 amide bonds. The molecule has 0 aliphatic heterocycles. The molecule has 1 unspecified atom stereocenters. The van der Waals surface area contributed by atoms with Crippen LogP contribution in [0, 0.1) is 5.92 Å². The Morgan fingerprint density at radius 2 is 1.72 bits per heavy atom. The van der Waals surface area contributed by atoms with Crippen LogP contribution in [0.15, 0.2) is 53.5 Å². The van der Waals surface area contributed by atoms with Gasteiger partial charge in [0.2, 0.25) is 0 Å². The summed E-state index contributed by atoms with van der Waals surface area (Å²) in [7, 11) is 0. The number of benzene rings is 1. The maximum Gasteiger partial charge on any atom is 0.408 e. The first kappa shape index (κ1) is 25.4. The standard InChI is InChI=1S/C22H25IN2O7/c1-14(2)19(24-22(29)30-12-16-7-5-4-6-8-16)21(28)32-15(3)25-11-17(9-10-18(25)26)20(27)31-13-23/h4-11,14-15,19H,12-13H2,1-3H3,(H,24,29)/t15?,19-/m0/s1. The molecular formula is C22H25IN2O7. The van der Waals surface area contributed by atoms with Crippen molar-refractivity contribution in [3.63, 3.8) is 0 Å². The average Bonchev–Trinajstić information content (AvgIpc) is 2.76. The van der Waals surface area contributed by atoms with E-state index in [2.05, 4.69) is 5.32 Å². The van der Waals surface area contributed by atoms with E-state index in [1.807, 2.05) is 52.9 Å². The van der Waals surface area contributed by atoms with Gasteiger partial charge in [0.25, 0.3) is 5.56 Å². The number of ether oxygens (including phenoxy) is 3. The second kappa shape index (κ2) is 12.2. The number of carbonyl (C=O) groups is 3. The zero-order valence-electron chi connectivity index (χ0n) is 17.9. The molecule has 0 saturated heterocycles. The Morgan fingerprint density at radius 1 is 1.03 bits per heavy atom. The molecule has 0 aliphatic carbocycles. The fourth-order valence-electron chi connectivity index (χ4n) is 2.73. The molecule has 0 bridgehead atoms. The molecule has 0 spiro atoms. The minimum atomic E-state index is -1.02. The number of esters is 2. The number of alkyl halides is 1. The van der Waals surface area contributed by atoms with Crippen molar-refractivity contribution in [1.82, 2.24) is 9.88 Å². The van der Waals surface area contributed by atoms with Crippen LogP contribution in [-0.2, 0) is 25.6 Å². The van der Waals surface area contributed by atoms with Crippen molar-refractivity contribution in [3.8, 4) is 0 Å². The molecule has 32 heavy (non-hydrogen) atoms. The molecule has 1 N–H and O–H groups in total. The van der Waals surface area contributed by atoms with Crippen LogP contribution >= 0.6 is 22.6 Å². The molecule has 2 rings (SSSR count). The lowest BCUT2D eigenvalue weighted by Crippen LogP contribution is -2.46. The van der Waals surface area contributed by atoms with E-state index in [1.165, 1.54) is 25.3 Å².